The molecule has 5 heteroatoms. The molecule has 0 radical (unpaired) electrons. The maximum atomic E-state index is 6.77. The number of benzene rings is 6. The SMILES string of the molecule is c1ccc(-c2cc(-c3ccccc3-c3cccnc3)nc(-c3ccc(-c4cccc5c4sc4ccccc45)c4oc5ccccc5c34)n2)cc1. The normalized spacial score (nSPS) is 11.6. The zero-order valence-electron chi connectivity index (χ0n) is 26.7. The number of pyridine rings is 1. The molecular formula is C45H27N3OS. The van der Waals surface area contributed by atoms with Crippen LogP contribution in [-0.4, -0.2) is 15.0 Å². The molecule has 0 saturated carbocycles. The number of furan rings is 1. The van der Waals surface area contributed by atoms with Gasteiger partial charge in [-0.15, -0.1) is 11.3 Å². The van der Waals surface area contributed by atoms with Crippen molar-refractivity contribution in [3.63, 3.8) is 0 Å². The lowest BCUT2D eigenvalue weighted by Gasteiger charge is -2.14. The summed E-state index contributed by atoms with van der Waals surface area (Å²) in [6, 6.07) is 52.7. The second kappa shape index (κ2) is 11.6. The van der Waals surface area contributed by atoms with E-state index in [2.05, 4.69) is 120 Å². The standard InChI is InChI=1S/C45H27N3OS/c1-2-12-28(13-3-1)38-26-39(31-16-5-4-15-30(31)29-14-11-25-46-27-29)48-45(47-38)37-24-23-33(43-42(37)36-18-6-8-21-40(36)49-43)35-20-10-19-34-32-17-7-9-22-41(32)50-44(34)35/h1-27H. The van der Waals surface area contributed by atoms with Crippen LogP contribution in [0.2, 0.25) is 0 Å². The van der Waals surface area contributed by atoms with Crippen molar-refractivity contribution in [2.75, 3.05) is 0 Å². The van der Waals surface area contributed by atoms with Crippen LogP contribution in [-0.2, 0) is 0 Å². The molecule has 0 unspecified atom stereocenters. The molecule has 10 rings (SSSR count). The number of para-hydroxylation sites is 1. The number of rotatable bonds is 5. The summed E-state index contributed by atoms with van der Waals surface area (Å²) in [6.07, 6.45) is 3.70. The van der Waals surface area contributed by atoms with E-state index in [1.54, 1.807) is 6.20 Å². The fraction of sp³-hybridized carbons (Fsp3) is 0. The highest BCUT2D eigenvalue weighted by Gasteiger charge is 2.22. The highest BCUT2D eigenvalue weighted by molar-refractivity contribution is 7.26. The molecule has 4 nitrogen and oxygen atoms in total. The van der Waals surface area contributed by atoms with Crippen LogP contribution in [0.4, 0.5) is 0 Å². The van der Waals surface area contributed by atoms with Gasteiger partial charge in [-0.05, 0) is 42.0 Å². The zero-order chi connectivity index (χ0) is 33.0. The number of nitrogens with zero attached hydrogens (tertiary/aromatic N) is 3. The van der Waals surface area contributed by atoms with Gasteiger partial charge in [-0.25, -0.2) is 9.97 Å². The maximum absolute atomic E-state index is 6.77. The molecule has 234 valence electrons. The molecule has 0 spiro atoms. The Labute approximate surface area is 292 Å². The molecule has 0 aliphatic carbocycles. The summed E-state index contributed by atoms with van der Waals surface area (Å²) in [7, 11) is 0. The van der Waals surface area contributed by atoms with E-state index in [1.165, 1.54) is 20.2 Å². The molecule has 0 aliphatic heterocycles. The monoisotopic (exact) mass is 657 g/mol. The minimum Gasteiger partial charge on any atom is -0.455 e. The molecule has 50 heavy (non-hydrogen) atoms. The van der Waals surface area contributed by atoms with Gasteiger partial charge in [0.2, 0.25) is 0 Å². The predicted molar refractivity (Wildman–Crippen MR) is 207 cm³/mol. The predicted octanol–water partition coefficient (Wildman–Crippen LogP) is 12.5. The summed E-state index contributed by atoms with van der Waals surface area (Å²) in [5.74, 6) is 0.644. The Bertz CT molecular complexity index is 2870. The van der Waals surface area contributed by atoms with Gasteiger partial charge >= 0.3 is 0 Å². The Hall–Kier alpha value is -6.43. The first-order chi connectivity index (χ1) is 24.8. The third-order valence-electron chi connectivity index (χ3n) is 9.43. The molecule has 6 aromatic carbocycles. The first-order valence-corrected chi connectivity index (χ1v) is 17.4. The zero-order valence-corrected chi connectivity index (χ0v) is 27.6. The van der Waals surface area contributed by atoms with E-state index in [4.69, 9.17) is 14.4 Å². The Morgan fingerprint density at radius 1 is 0.480 bits per heavy atom. The van der Waals surface area contributed by atoms with Gasteiger partial charge in [0.1, 0.15) is 11.2 Å². The number of aromatic nitrogens is 3. The van der Waals surface area contributed by atoms with E-state index < -0.39 is 0 Å². The first-order valence-electron chi connectivity index (χ1n) is 16.6. The van der Waals surface area contributed by atoms with E-state index >= 15 is 0 Å². The van der Waals surface area contributed by atoms with Crippen LogP contribution in [0.3, 0.4) is 0 Å². The molecule has 0 bridgehead atoms. The largest absolute Gasteiger partial charge is 0.455 e. The third-order valence-corrected chi connectivity index (χ3v) is 10.7. The number of hydrogen-bond acceptors (Lipinski definition) is 5. The second-order valence-electron chi connectivity index (χ2n) is 12.4. The van der Waals surface area contributed by atoms with Crippen LogP contribution in [0.5, 0.6) is 0 Å². The van der Waals surface area contributed by atoms with Gasteiger partial charge in [0.05, 0.1) is 11.4 Å². The first kappa shape index (κ1) is 28.6. The maximum Gasteiger partial charge on any atom is 0.161 e. The molecule has 0 amide bonds. The summed E-state index contributed by atoms with van der Waals surface area (Å²) in [4.78, 5) is 15.0. The Balaban J connectivity index is 1.25. The van der Waals surface area contributed by atoms with Crippen molar-refractivity contribution in [1.82, 2.24) is 15.0 Å². The van der Waals surface area contributed by atoms with Gasteiger partial charge in [-0.3, -0.25) is 4.98 Å². The van der Waals surface area contributed by atoms with E-state index in [1.807, 2.05) is 53.9 Å². The minimum atomic E-state index is 0.644. The average Bonchev–Trinajstić information content (AvgIpc) is 3.77. The van der Waals surface area contributed by atoms with Crippen molar-refractivity contribution in [3.05, 3.63) is 164 Å². The highest BCUT2D eigenvalue weighted by Crippen LogP contribution is 2.46. The Morgan fingerprint density at radius 2 is 1.18 bits per heavy atom. The smallest absolute Gasteiger partial charge is 0.161 e. The Morgan fingerprint density at radius 3 is 2.06 bits per heavy atom. The van der Waals surface area contributed by atoms with Gasteiger partial charge in [0, 0.05) is 76.7 Å². The van der Waals surface area contributed by atoms with Gasteiger partial charge in [0.15, 0.2) is 5.82 Å². The van der Waals surface area contributed by atoms with Crippen molar-refractivity contribution in [3.8, 4) is 56.2 Å². The van der Waals surface area contributed by atoms with Crippen LogP contribution < -0.4 is 0 Å². The van der Waals surface area contributed by atoms with Crippen LogP contribution in [0.25, 0.3) is 98.3 Å². The topological polar surface area (TPSA) is 51.8 Å². The van der Waals surface area contributed by atoms with Crippen LogP contribution in [0.15, 0.2) is 168 Å². The van der Waals surface area contributed by atoms with Gasteiger partial charge in [0.25, 0.3) is 0 Å². The van der Waals surface area contributed by atoms with E-state index in [0.717, 1.165) is 72.3 Å². The molecule has 0 aliphatic rings. The van der Waals surface area contributed by atoms with Crippen molar-refractivity contribution in [2.24, 2.45) is 0 Å². The summed E-state index contributed by atoms with van der Waals surface area (Å²) < 4.78 is 9.30. The number of fused-ring (bicyclic) bond motifs is 6. The summed E-state index contributed by atoms with van der Waals surface area (Å²) in [5, 5.41) is 4.58. The highest BCUT2D eigenvalue weighted by atomic mass is 32.1. The summed E-state index contributed by atoms with van der Waals surface area (Å²) in [6.45, 7) is 0. The van der Waals surface area contributed by atoms with Crippen molar-refractivity contribution in [2.45, 2.75) is 0 Å². The lowest BCUT2D eigenvalue weighted by Crippen LogP contribution is -1.98. The van der Waals surface area contributed by atoms with E-state index in [-0.39, 0.29) is 0 Å². The second-order valence-corrected chi connectivity index (χ2v) is 13.4. The lowest BCUT2D eigenvalue weighted by atomic mass is 9.96. The fourth-order valence-corrected chi connectivity index (χ4v) is 8.36. The molecule has 4 heterocycles. The summed E-state index contributed by atoms with van der Waals surface area (Å²) in [5.41, 5.74) is 10.6. The van der Waals surface area contributed by atoms with E-state index in [9.17, 15) is 0 Å². The third kappa shape index (κ3) is 4.63. The molecule has 0 N–H and O–H groups in total. The number of thiophene rings is 1. The average molecular weight is 658 g/mol. The quantitative estimate of drug-likeness (QED) is 0.185. The Kier molecular flexibility index (Phi) is 6.64. The lowest BCUT2D eigenvalue weighted by molar-refractivity contribution is 0.670. The van der Waals surface area contributed by atoms with Gasteiger partial charge in [-0.1, -0.05) is 115 Å². The van der Waals surface area contributed by atoms with Crippen LogP contribution in [0.1, 0.15) is 0 Å². The van der Waals surface area contributed by atoms with Gasteiger partial charge in [-0.2, -0.15) is 0 Å². The summed E-state index contributed by atoms with van der Waals surface area (Å²) >= 11 is 1.83. The van der Waals surface area contributed by atoms with Crippen LogP contribution in [0, 0.1) is 0 Å². The number of hydrogen-bond donors (Lipinski definition) is 0. The van der Waals surface area contributed by atoms with Crippen molar-refractivity contribution < 1.29 is 4.42 Å². The minimum absolute atomic E-state index is 0.644. The van der Waals surface area contributed by atoms with Crippen LogP contribution >= 0.6 is 11.3 Å². The molecular weight excluding hydrogens is 631 g/mol. The molecule has 0 atom stereocenters. The van der Waals surface area contributed by atoms with E-state index in [0.29, 0.717) is 5.82 Å². The molecule has 0 fully saturated rings. The van der Waals surface area contributed by atoms with Crippen molar-refractivity contribution >= 4 is 53.4 Å². The van der Waals surface area contributed by atoms with Crippen molar-refractivity contribution in [1.29, 1.82) is 0 Å². The molecule has 0 saturated heterocycles. The van der Waals surface area contributed by atoms with Gasteiger partial charge < -0.3 is 4.42 Å². The fourth-order valence-electron chi connectivity index (χ4n) is 7.13. The molecule has 4 aromatic heterocycles. The molecule has 10 aromatic rings.